The molecule has 1 N–H and O–H groups in total. The van der Waals surface area contributed by atoms with E-state index in [0.717, 1.165) is 13.2 Å². The number of rotatable bonds is 0. The van der Waals surface area contributed by atoms with Crippen LogP contribution in [0, 0.1) is 0 Å². The molecule has 0 aromatic heterocycles. The molecule has 40 valence electrons. The maximum atomic E-state index is 5.00. The first-order valence-corrected chi connectivity index (χ1v) is 2.43. The lowest BCUT2D eigenvalue weighted by molar-refractivity contribution is 0.150. The Hall–Kier alpha value is -0.340. The van der Waals surface area contributed by atoms with Crippen molar-refractivity contribution in [2.75, 3.05) is 19.9 Å². The molecule has 0 spiro atoms. The van der Waals surface area contributed by atoms with Gasteiger partial charge in [0.05, 0.1) is 13.3 Å². The molecule has 7 heavy (non-hydrogen) atoms. The summed E-state index contributed by atoms with van der Waals surface area (Å²) in [6.07, 6.45) is 4.08. The van der Waals surface area contributed by atoms with Crippen LogP contribution in [0.2, 0.25) is 0 Å². The first-order valence-electron chi connectivity index (χ1n) is 2.43. The Morgan fingerprint density at radius 2 is 2.43 bits per heavy atom. The van der Waals surface area contributed by atoms with Gasteiger partial charge in [0.15, 0.2) is 0 Å². The third-order valence-electron chi connectivity index (χ3n) is 0.847. The van der Waals surface area contributed by atoms with E-state index in [9.17, 15) is 0 Å². The zero-order valence-corrected chi connectivity index (χ0v) is 4.18. The molecule has 1 heterocycles. The fraction of sp³-hybridized carbons (Fsp3) is 0.600. The Kier molecular flexibility index (Phi) is 1.90. The maximum Gasteiger partial charge on any atom is 0.0971 e. The van der Waals surface area contributed by atoms with E-state index in [1.807, 2.05) is 6.08 Å². The highest BCUT2D eigenvalue weighted by atomic mass is 16.5. The van der Waals surface area contributed by atoms with Crippen LogP contribution in [0.4, 0.5) is 0 Å². The van der Waals surface area contributed by atoms with Gasteiger partial charge in [-0.15, -0.1) is 0 Å². The zero-order valence-electron chi connectivity index (χ0n) is 4.18. The molecule has 0 fully saturated rings. The second-order valence-electron chi connectivity index (χ2n) is 1.44. The largest absolute Gasteiger partial charge is 0.362 e. The normalized spacial score (nSPS) is 21.7. The van der Waals surface area contributed by atoms with E-state index in [1.54, 1.807) is 0 Å². The van der Waals surface area contributed by atoms with Crippen molar-refractivity contribution >= 4 is 0 Å². The quantitative estimate of drug-likeness (QED) is 0.435. The van der Waals surface area contributed by atoms with Crippen LogP contribution in [0.1, 0.15) is 0 Å². The van der Waals surface area contributed by atoms with Crippen LogP contribution in [-0.2, 0) is 4.74 Å². The molecule has 0 aromatic carbocycles. The van der Waals surface area contributed by atoms with Gasteiger partial charge in [-0.2, -0.15) is 0 Å². The molecular weight excluding hydrogens is 90.1 g/mol. The third kappa shape index (κ3) is 1.71. The van der Waals surface area contributed by atoms with Crippen molar-refractivity contribution < 1.29 is 4.74 Å². The fourth-order valence-corrected chi connectivity index (χ4v) is 0.493. The summed E-state index contributed by atoms with van der Waals surface area (Å²) >= 11 is 0. The number of hydrogen-bond donors (Lipinski definition) is 1. The Labute approximate surface area is 43.2 Å². The van der Waals surface area contributed by atoms with Gasteiger partial charge < -0.3 is 4.74 Å². The lowest BCUT2D eigenvalue weighted by atomic mass is 10.5. The van der Waals surface area contributed by atoms with E-state index < -0.39 is 0 Å². The van der Waals surface area contributed by atoms with Crippen LogP contribution in [0.5, 0.6) is 0 Å². The molecule has 2 heteroatoms. The SMILES string of the molecule is C1=CCOCNC1. The molecule has 0 saturated carbocycles. The highest BCUT2D eigenvalue weighted by Gasteiger charge is 1.85. The van der Waals surface area contributed by atoms with Crippen LogP contribution < -0.4 is 5.32 Å². The van der Waals surface area contributed by atoms with Crippen LogP contribution in [0.15, 0.2) is 12.2 Å². The van der Waals surface area contributed by atoms with Crippen molar-refractivity contribution in [1.82, 2.24) is 5.32 Å². The Bertz CT molecular complexity index is 62.5. The third-order valence-corrected chi connectivity index (χ3v) is 0.847. The highest BCUT2D eigenvalue weighted by molar-refractivity contribution is 4.84. The van der Waals surface area contributed by atoms with Crippen LogP contribution in [0.3, 0.4) is 0 Å². The molecule has 0 aromatic rings. The summed E-state index contributed by atoms with van der Waals surface area (Å²) in [6.45, 7) is 2.39. The second-order valence-corrected chi connectivity index (χ2v) is 1.44. The van der Waals surface area contributed by atoms with Gasteiger partial charge in [-0.3, -0.25) is 5.32 Å². The van der Waals surface area contributed by atoms with Gasteiger partial charge in [-0.05, 0) is 0 Å². The molecular formula is C5H9NO. The maximum absolute atomic E-state index is 5.00. The summed E-state index contributed by atoms with van der Waals surface area (Å²) in [4.78, 5) is 0. The topological polar surface area (TPSA) is 21.3 Å². The summed E-state index contributed by atoms with van der Waals surface area (Å²) in [5.41, 5.74) is 0. The minimum absolute atomic E-state index is 0.688. The van der Waals surface area contributed by atoms with E-state index in [2.05, 4.69) is 11.4 Å². The summed E-state index contributed by atoms with van der Waals surface area (Å²) in [6, 6.07) is 0. The van der Waals surface area contributed by atoms with Crippen molar-refractivity contribution in [1.29, 1.82) is 0 Å². The Balaban J connectivity index is 2.20. The lowest BCUT2D eigenvalue weighted by Crippen LogP contribution is -2.14. The molecule has 0 saturated heterocycles. The van der Waals surface area contributed by atoms with E-state index in [0.29, 0.717) is 6.73 Å². The summed E-state index contributed by atoms with van der Waals surface area (Å²) in [5.74, 6) is 0. The summed E-state index contributed by atoms with van der Waals surface area (Å²) < 4.78 is 5.00. The van der Waals surface area contributed by atoms with Gasteiger partial charge in [-0.1, -0.05) is 12.2 Å². The first-order chi connectivity index (χ1) is 3.50. The average molecular weight is 99.1 g/mol. The van der Waals surface area contributed by atoms with E-state index in [1.165, 1.54) is 0 Å². The van der Waals surface area contributed by atoms with Crippen LogP contribution >= 0.6 is 0 Å². The Morgan fingerprint density at radius 3 is 3.43 bits per heavy atom. The van der Waals surface area contributed by atoms with Crippen molar-refractivity contribution in [3.63, 3.8) is 0 Å². The zero-order chi connectivity index (χ0) is 4.95. The van der Waals surface area contributed by atoms with E-state index in [4.69, 9.17) is 4.74 Å². The van der Waals surface area contributed by atoms with E-state index in [-0.39, 0.29) is 0 Å². The molecule has 1 aliphatic rings. The highest BCUT2D eigenvalue weighted by Crippen LogP contribution is 1.79. The monoisotopic (exact) mass is 99.1 g/mol. The number of ether oxygens (including phenoxy) is 1. The molecule has 0 radical (unpaired) electrons. The Morgan fingerprint density at radius 1 is 1.43 bits per heavy atom. The van der Waals surface area contributed by atoms with Gasteiger partial charge in [0.2, 0.25) is 0 Å². The van der Waals surface area contributed by atoms with Gasteiger partial charge in [0.25, 0.3) is 0 Å². The van der Waals surface area contributed by atoms with Gasteiger partial charge >= 0.3 is 0 Å². The van der Waals surface area contributed by atoms with Crippen LogP contribution in [-0.4, -0.2) is 19.9 Å². The molecule has 1 aliphatic heterocycles. The van der Waals surface area contributed by atoms with Gasteiger partial charge in [0.1, 0.15) is 0 Å². The van der Waals surface area contributed by atoms with Crippen molar-refractivity contribution in [2.24, 2.45) is 0 Å². The molecule has 1 rings (SSSR count). The second kappa shape index (κ2) is 2.77. The van der Waals surface area contributed by atoms with Gasteiger partial charge in [0, 0.05) is 6.54 Å². The molecule has 0 bridgehead atoms. The molecule has 0 aliphatic carbocycles. The van der Waals surface area contributed by atoms with E-state index >= 15 is 0 Å². The van der Waals surface area contributed by atoms with Gasteiger partial charge in [-0.25, -0.2) is 0 Å². The standard InChI is InChI=1S/C5H9NO/c1-2-4-7-5-6-3-1/h1-2,6H,3-5H2. The van der Waals surface area contributed by atoms with Crippen molar-refractivity contribution in [3.8, 4) is 0 Å². The fourth-order valence-electron chi connectivity index (χ4n) is 0.493. The molecule has 0 atom stereocenters. The predicted molar refractivity (Wildman–Crippen MR) is 28.0 cm³/mol. The first kappa shape index (κ1) is 4.81. The molecule has 2 nitrogen and oxygen atoms in total. The predicted octanol–water partition coefficient (Wildman–Crippen LogP) is 0.120. The summed E-state index contributed by atoms with van der Waals surface area (Å²) in [5, 5.41) is 3.04. The smallest absolute Gasteiger partial charge is 0.0971 e. The van der Waals surface area contributed by atoms with Crippen LogP contribution in [0.25, 0.3) is 0 Å². The molecule has 0 amide bonds. The van der Waals surface area contributed by atoms with Crippen molar-refractivity contribution in [2.45, 2.75) is 0 Å². The minimum Gasteiger partial charge on any atom is -0.362 e. The lowest BCUT2D eigenvalue weighted by Gasteiger charge is -1.94. The number of hydrogen-bond acceptors (Lipinski definition) is 2. The number of nitrogens with one attached hydrogen (secondary N) is 1. The van der Waals surface area contributed by atoms with Crippen molar-refractivity contribution in [3.05, 3.63) is 12.2 Å². The minimum atomic E-state index is 0.688. The summed E-state index contributed by atoms with van der Waals surface area (Å²) in [7, 11) is 0. The molecule has 0 unspecified atom stereocenters. The average Bonchev–Trinajstić information content (AvgIpc) is 1.90.